The van der Waals surface area contributed by atoms with Crippen LogP contribution in [-0.2, 0) is 14.3 Å². The standard InChI is InChI=1S/C17H25NO3/c1-4-21-16(19)17(10-8-15(20-3)9-11-17)18-14-7-5-6-13(2)12-14/h5-7,12,15,18H,4,8-11H2,1-3H3. The van der Waals surface area contributed by atoms with Crippen LogP contribution in [0.25, 0.3) is 0 Å². The van der Waals surface area contributed by atoms with E-state index in [0.29, 0.717) is 6.61 Å². The topological polar surface area (TPSA) is 47.6 Å². The summed E-state index contributed by atoms with van der Waals surface area (Å²) in [6, 6.07) is 8.10. The second-order valence-electron chi connectivity index (χ2n) is 5.73. The summed E-state index contributed by atoms with van der Waals surface area (Å²) in [5, 5.41) is 3.43. The van der Waals surface area contributed by atoms with Gasteiger partial charge in [-0.15, -0.1) is 0 Å². The maximum atomic E-state index is 12.5. The molecule has 0 unspecified atom stereocenters. The molecule has 1 saturated carbocycles. The molecule has 4 nitrogen and oxygen atoms in total. The fourth-order valence-corrected chi connectivity index (χ4v) is 2.97. The number of carbonyl (C=O) groups excluding carboxylic acids is 1. The number of carbonyl (C=O) groups is 1. The van der Waals surface area contributed by atoms with E-state index in [0.717, 1.165) is 31.4 Å². The number of hydrogen-bond donors (Lipinski definition) is 1. The summed E-state index contributed by atoms with van der Waals surface area (Å²) in [7, 11) is 1.73. The van der Waals surface area contributed by atoms with E-state index in [1.807, 2.05) is 32.0 Å². The molecular weight excluding hydrogens is 266 g/mol. The first kappa shape index (κ1) is 15.8. The lowest BCUT2D eigenvalue weighted by molar-refractivity contribution is -0.150. The molecule has 0 heterocycles. The zero-order chi connectivity index (χ0) is 15.3. The number of hydrogen-bond acceptors (Lipinski definition) is 4. The molecule has 0 spiro atoms. The number of ether oxygens (including phenoxy) is 2. The molecule has 0 aliphatic heterocycles. The molecule has 0 radical (unpaired) electrons. The highest BCUT2D eigenvalue weighted by Gasteiger charge is 2.43. The highest BCUT2D eigenvalue weighted by Crippen LogP contribution is 2.34. The van der Waals surface area contributed by atoms with Crippen LogP contribution in [0.1, 0.15) is 38.2 Å². The molecule has 0 aromatic heterocycles. The van der Waals surface area contributed by atoms with Crippen LogP contribution in [0.2, 0.25) is 0 Å². The van der Waals surface area contributed by atoms with Crippen LogP contribution in [0, 0.1) is 6.92 Å². The van der Waals surface area contributed by atoms with E-state index >= 15 is 0 Å². The van der Waals surface area contributed by atoms with Gasteiger partial charge in [0, 0.05) is 12.8 Å². The predicted octanol–water partition coefficient (Wildman–Crippen LogP) is 3.30. The Morgan fingerprint density at radius 1 is 1.38 bits per heavy atom. The summed E-state index contributed by atoms with van der Waals surface area (Å²) in [6.45, 7) is 4.30. The third-order valence-corrected chi connectivity index (χ3v) is 4.19. The van der Waals surface area contributed by atoms with E-state index in [2.05, 4.69) is 11.4 Å². The average Bonchev–Trinajstić information content (AvgIpc) is 2.48. The Morgan fingerprint density at radius 3 is 2.67 bits per heavy atom. The van der Waals surface area contributed by atoms with E-state index in [9.17, 15) is 4.79 Å². The van der Waals surface area contributed by atoms with Crippen LogP contribution in [0.15, 0.2) is 24.3 Å². The van der Waals surface area contributed by atoms with Crippen molar-refractivity contribution in [2.24, 2.45) is 0 Å². The molecule has 1 aliphatic rings. The highest BCUT2D eigenvalue weighted by atomic mass is 16.5. The lowest BCUT2D eigenvalue weighted by Gasteiger charge is -2.39. The number of rotatable bonds is 5. The van der Waals surface area contributed by atoms with Crippen molar-refractivity contribution in [3.63, 3.8) is 0 Å². The van der Waals surface area contributed by atoms with Gasteiger partial charge >= 0.3 is 5.97 Å². The van der Waals surface area contributed by atoms with Crippen LogP contribution in [0.3, 0.4) is 0 Å². The molecule has 1 fully saturated rings. The van der Waals surface area contributed by atoms with Crippen molar-refractivity contribution >= 4 is 11.7 Å². The van der Waals surface area contributed by atoms with Crippen LogP contribution >= 0.6 is 0 Å². The largest absolute Gasteiger partial charge is 0.464 e. The van der Waals surface area contributed by atoms with Gasteiger partial charge in [0.1, 0.15) is 5.54 Å². The first-order valence-corrected chi connectivity index (χ1v) is 7.64. The van der Waals surface area contributed by atoms with Crippen molar-refractivity contribution in [3.8, 4) is 0 Å². The van der Waals surface area contributed by atoms with Crippen LogP contribution in [-0.4, -0.2) is 31.3 Å². The third kappa shape index (κ3) is 3.76. The molecule has 1 aliphatic carbocycles. The van der Waals surface area contributed by atoms with Gasteiger partial charge in [-0.25, -0.2) is 4.79 Å². The molecule has 116 valence electrons. The van der Waals surface area contributed by atoms with Gasteiger partial charge in [-0.2, -0.15) is 0 Å². The normalized spacial score (nSPS) is 25.4. The van der Waals surface area contributed by atoms with Gasteiger partial charge in [-0.05, 0) is 57.2 Å². The fourth-order valence-electron chi connectivity index (χ4n) is 2.97. The van der Waals surface area contributed by atoms with Crippen molar-refractivity contribution in [2.75, 3.05) is 19.0 Å². The molecule has 1 aromatic carbocycles. The van der Waals surface area contributed by atoms with E-state index in [4.69, 9.17) is 9.47 Å². The molecule has 4 heteroatoms. The van der Waals surface area contributed by atoms with Gasteiger partial charge in [0.2, 0.25) is 0 Å². The zero-order valence-electron chi connectivity index (χ0n) is 13.1. The predicted molar refractivity (Wildman–Crippen MR) is 83.4 cm³/mol. The number of benzene rings is 1. The van der Waals surface area contributed by atoms with E-state index in [1.165, 1.54) is 5.56 Å². The minimum atomic E-state index is -0.626. The van der Waals surface area contributed by atoms with Gasteiger partial charge in [-0.3, -0.25) is 0 Å². The molecule has 1 aromatic rings. The number of esters is 1. The molecule has 1 N–H and O–H groups in total. The quantitative estimate of drug-likeness (QED) is 0.846. The molecule has 0 bridgehead atoms. The highest BCUT2D eigenvalue weighted by molar-refractivity contribution is 5.84. The van der Waals surface area contributed by atoms with Crippen LogP contribution in [0.4, 0.5) is 5.69 Å². The van der Waals surface area contributed by atoms with Gasteiger partial charge in [-0.1, -0.05) is 12.1 Å². The van der Waals surface area contributed by atoms with Gasteiger partial charge in [0.15, 0.2) is 0 Å². The molecule has 0 atom stereocenters. The van der Waals surface area contributed by atoms with Gasteiger partial charge in [0.25, 0.3) is 0 Å². The van der Waals surface area contributed by atoms with E-state index in [-0.39, 0.29) is 12.1 Å². The van der Waals surface area contributed by atoms with Crippen molar-refractivity contribution < 1.29 is 14.3 Å². The van der Waals surface area contributed by atoms with Crippen LogP contribution in [0.5, 0.6) is 0 Å². The maximum Gasteiger partial charge on any atom is 0.331 e. The average molecular weight is 291 g/mol. The Labute approximate surface area is 126 Å². The molecule has 0 amide bonds. The summed E-state index contributed by atoms with van der Waals surface area (Å²) in [5.41, 5.74) is 1.52. The number of nitrogens with one attached hydrogen (secondary N) is 1. The summed E-state index contributed by atoms with van der Waals surface area (Å²) in [5.74, 6) is -0.152. The van der Waals surface area contributed by atoms with Gasteiger partial charge in [0.05, 0.1) is 12.7 Å². The minimum Gasteiger partial charge on any atom is -0.464 e. The Hall–Kier alpha value is -1.55. The number of methoxy groups -OCH3 is 1. The van der Waals surface area contributed by atoms with Crippen molar-refractivity contribution in [1.29, 1.82) is 0 Å². The summed E-state index contributed by atoms with van der Waals surface area (Å²) in [6.07, 6.45) is 3.45. The summed E-state index contributed by atoms with van der Waals surface area (Å²) in [4.78, 5) is 12.5. The van der Waals surface area contributed by atoms with Crippen molar-refractivity contribution in [2.45, 2.75) is 51.2 Å². The monoisotopic (exact) mass is 291 g/mol. The number of aryl methyl sites for hydroxylation is 1. The lowest BCUT2D eigenvalue weighted by atomic mass is 9.80. The SMILES string of the molecule is CCOC(=O)C1(Nc2cccc(C)c2)CCC(OC)CC1. The second-order valence-corrected chi connectivity index (χ2v) is 5.73. The smallest absolute Gasteiger partial charge is 0.331 e. The summed E-state index contributed by atoms with van der Waals surface area (Å²) >= 11 is 0. The number of anilines is 1. The maximum absolute atomic E-state index is 12.5. The lowest BCUT2D eigenvalue weighted by Crippen LogP contribution is -2.51. The molecule has 21 heavy (non-hydrogen) atoms. The second kappa shape index (κ2) is 6.94. The van der Waals surface area contributed by atoms with Crippen molar-refractivity contribution in [1.82, 2.24) is 0 Å². The van der Waals surface area contributed by atoms with Crippen LogP contribution < -0.4 is 5.32 Å². The molecule has 0 saturated heterocycles. The van der Waals surface area contributed by atoms with E-state index in [1.54, 1.807) is 7.11 Å². The summed E-state index contributed by atoms with van der Waals surface area (Å²) < 4.78 is 10.7. The Kier molecular flexibility index (Phi) is 5.23. The van der Waals surface area contributed by atoms with Gasteiger partial charge < -0.3 is 14.8 Å². The first-order chi connectivity index (χ1) is 10.1. The third-order valence-electron chi connectivity index (χ3n) is 4.19. The zero-order valence-corrected chi connectivity index (χ0v) is 13.1. The first-order valence-electron chi connectivity index (χ1n) is 7.64. The Morgan fingerprint density at radius 2 is 2.10 bits per heavy atom. The molecule has 2 rings (SSSR count). The Balaban J connectivity index is 2.18. The molecular formula is C17H25NO3. The van der Waals surface area contributed by atoms with Crippen molar-refractivity contribution in [3.05, 3.63) is 29.8 Å². The Bertz CT molecular complexity index is 479. The minimum absolute atomic E-state index is 0.152. The van der Waals surface area contributed by atoms with E-state index < -0.39 is 5.54 Å². The fraction of sp³-hybridized carbons (Fsp3) is 0.588.